The minimum atomic E-state index is -0.367. The topological polar surface area (TPSA) is 64.4 Å². The van der Waals surface area contributed by atoms with Crippen LogP contribution < -0.4 is 5.32 Å². The monoisotopic (exact) mass is 236 g/mol. The van der Waals surface area contributed by atoms with Crippen molar-refractivity contribution in [2.24, 2.45) is 0 Å². The van der Waals surface area contributed by atoms with Crippen LogP contribution in [0.25, 0.3) is 0 Å². The highest BCUT2D eigenvalue weighted by atomic mass is 16.6. The van der Waals surface area contributed by atoms with E-state index in [-0.39, 0.29) is 10.6 Å². The van der Waals surface area contributed by atoms with Gasteiger partial charge in [-0.05, 0) is 18.4 Å². The Hall–Kier alpha value is -1.46. The molecule has 0 unspecified atom stereocenters. The average Bonchev–Trinajstić information content (AvgIpc) is 2.27. The van der Waals surface area contributed by atoms with Gasteiger partial charge in [0.15, 0.2) is 0 Å². The van der Waals surface area contributed by atoms with E-state index in [9.17, 15) is 10.1 Å². The van der Waals surface area contributed by atoms with Crippen LogP contribution in [-0.4, -0.2) is 24.2 Å². The molecule has 1 fully saturated rings. The molecule has 0 saturated heterocycles. The van der Waals surface area contributed by atoms with Crippen molar-refractivity contribution < 1.29 is 9.66 Å². The number of hydrogen-bond donors (Lipinski definition) is 1. The highest BCUT2D eigenvalue weighted by Gasteiger charge is 2.28. The molecule has 0 atom stereocenters. The lowest BCUT2D eigenvalue weighted by molar-refractivity contribution is -0.384. The van der Waals surface area contributed by atoms with Crippen molar-refractivity contribution in [3.63, 3.8) is 0 Å². The first-order valence-corrected chi connectivity index (χ1v) is 5.68. The van der Waals surface area contributed by atoms with Crippen molar-refractivity contribution >= 4 is 5.69 Å². The van der Waals surface area contributed by atoms with Crippen molar-refractivity contribution in [1.29, 1.82) is 0 Å². The van der Waals surface area contributed by atoms with E-state index in [0.717, 1.165) is 18.4 Å². The lowest BCUT2D eigenvalue weighted by Crippen LogP contribution is -2.44. The lowest BCUT2D eigenvalue weighted by atomic mass is 9.89. The minimum Gasteiger partial charge on any atom is -0.381 e. The van der Waals surface area contributed by atoms with Crippen molar-refractivity contribution in [3.8, 4) is 0 Å². The molecule has 0 aromatic heterocycles. The highest BCUT2D eigenvalue weighted by molar-refractivity contribution is 5.34. The van der Waals surface area contributed by atoms with Crippen LogP contribution in [0.3, 0.4) is 0 Å². The van der Waals surface area contributed by atoms with Gasteiger partial charge in [-0.25, -0.2) is 0 Å². The summed E-state index contributed by atoms with van der Waals surface area (Å²) in [5.74, 6) is 0. The summed E-state index contributed by atoms with van der Waals surface area (Å²) in [6, 6.07) is 7.20. The molecule has 5 heteroatoms. The second kappa shape index (κ2) is 5.25. The Balaban J connectivity index is 1.83. The maximum absolute atomic E-state index is 10.6. The van der Waals surface area contributed by atoms with Crippen molar-refractivity contribution in [2.75, 3.05) is 7.11 Å². The molecule has 1 aromatic carbocycles. The number of nitrogens with zero attached hydrogens (tertiary/aromatic N) is 1. The van der Waals surface area contributed by atoms with Crippen LogP contribution in [0, 0.1) is 10.1 Å². The average molecular weight is 236 g/mol. The van der Waals surface area contributed by atoms with Crippen LogP contribution >= 0.6 is 0 Å². The molecule has 1 aromatic rings. The van der Waals surface area contributed by atoms with E-state index < -0.39 is 0 Å². The fourth-order valence-electron chi connectivity index (χ4n) is 1.97. The molecule has 0 amide bonds. The summed E-state index contributed by atoms with van der Waals surface area (Å²) in [7, 11) is 1.72. The summed E-state index contributed by atoms with van der Waals surface area (Å²) in [4.78, 5) is 10.2. The fourth-order valence-corrected chi connectivity index (χ4v) is 1.97. The van der Waals surface area contributed by atoms with Gasteiger partial charge in [0.2, 0.25) is 0 Å². The Bertz CT molecular complexity index is 402. The normalized spacial score (nSPS) is 23.1. The lowest BCUT2D eigenvalue weighted by Gasteiger charge is -2.34. The Morgan fingerprint density at radius 2 is 2.29 bits per heavy atom. The largest absolute Gasteiger partial charge is 0.381 e. The zero-order valence-electron chi connectivity index (χ0n) is 9.76. The third-order valence-corrected chi connectivity index (χ3v) is 3.14. The molecule has 1 aliphatic carbocycles. The van der Waals surface area contributed by atoms with Gasteiger partial charge in [0, 0.05) is 31.8 Å². The summed E-state index contributed by atoms with van der Waals surface area (Å²) < 4.78 is 5.19. The molecular formula is C12H16N2O3. The molecule has 1 aliphatic rings. The third kappa shape index (κ3) is 3.01. The number of rotatable bonds is 5. The van der Waals surface area contributed by atoms with Gasteiger partial charge >= 0.3 is 0 Å². The van der Waals surface area contributed by atoms with E-state index in [2.05, 4.69) is 5.32 Å². The molecule has 0 spiro atoms. The number of ether oxygens (including phenoxy) is 1. The summed E-state index contributed by atoms with van der Waals surface area (Å²) in [6.07, 6.45) is 2.41. The number of hydrogen-bond acceptors (Lipinski definition) is 4. The molecule has 0 aliphatic heterocycles. The van der Waals surface area contributed by atoms with Crippen LogP contribution in [0.4, 0.5) is 5.69 Å². The predicted molar refractivity (Wildman–Crippen MR) is 63.8 cm³/mol. The number of nitrogens with one attached hydrogen (secondary N) is 1. The first-order chi connectivity index (χ1) is 8.19. The van der Waals surface area contributed by atoms with Crippen LogP contribution in [0.2, 0.25) is 0 Å². The molecule has 5 nitrogen and oxygen atoms in total. The van der Waals surface area contributed by atoms with E-state index in [1.807, 2.05) is 6.07 Å². The summed E-state index contributed by atoms with van der Waals surface area (Å²) in [5.41, 5.74) is 1.09. The maximum Gasteiger partial charge on any atom is 0.269 e. The maximum atomic E-state index is 10.6. The number of nitro benzene ring substituents is 1. The van der Waals surface area contributed by atoms with Crippen molar-refractivity contribution in [3.05, 3.63) is 39.9 Å². The molecule has 0 bridgehead atoms. The zero-order valence-corrected chi connectivity index (χ0v) is 9.76. The molecule has 0 radical (unpaired) electrons. The second-order valence-electron chi connectivity index (χ2n) is 4.33. The van der Waals surface area contributed by atoms with Gasteiger partial charge in [0.05, 0.1) is 11.0 Å². The summed E-state index contributed by atoms with van der Waals surface area (Å²) in [6.45, 7) is 0.669. The quantitative estimate of drug-likeness (QED) is 0.626. The van der Waals surface area contributed by atoms with E-state index >= 15 is 0 Å². The molecular weight excluding hydrogens is 220 g/mol. The zero-order chi connectivity index (χ0) is 12.3. The third-order valence-electron chi connectivity index (χ3n) is 3.14. The van der Waals surface area contributed by atoms with E-state index in [4.69, 9.17) is 4.74 Å². The number of methoxy groups -OCH3 is 1. The first-order valence-electron chi connectivity index (χ1n) is 5.68. The Kier molecular flexibility index (Phi) is 3.71. The number of benzene rings is 1. The first kappa shape index (κ1) is 12.0. The fraction of sp³-hybridized carbons (Fsp3) is 0.500. The van der Waals surface area contributed by atoms with E-state index in [1.54, 1.807) is 19.2 Å². The molecule has 0 heterocycles. The van der Waals surface area contributed by atoms with Crippen molar-refractivity contribution in [2.45, 2.75) is 31.5 Å². The standard InChI is InChI=1S/C12H16N2O3/c1-17-12-6-10(7-12)13-8-9-3-2-4-11(5-9)14(15)16/h2-5,10,12-13H,6-8H2,1H3. The smallest absolute Gasteiger partial charge is 0.269 e. The van der Waals surface area contributed by atoms with Crippen LogP contribution in [0.15, 0.2) is 24.3 Å². The Morgan fingerprint density at radius 1 is 1.53 bits per heavy atom. The summed E-state index contributed by atoms with van der Waals surface area (Å²) in [5, 5.41) is 14.0. The van der Waals surface area contributed by atoms with Gasteiger partial charge in [-0.1, -0.05) is 12.1 Å². The van der Waals surface area contributed by atoms with Crippen molar-refractivity contribution in [1.82, 2.24) is 5.32 Å². The second-order valence-corrected chi connectivity index (χ2v) is 4.33. The Morgan fingerprint density at radius 3 is 2.94 bits per heavy atom. The Labute approximate surface area is 99.9 Å². The van der Waals surface area contributed by atoms with Gasteiger partial charge < -0.3 is 10.1 Å². The number of nitro groups is 1. The van der Waals surface area contributed by atoms with Gasteiger partial charge in [0.25, 0.3) is 5.69 Å². The van der Waals surface area contributed by atoms with Crippen LogP contribution in [0.5, 0.6) is 0 Å². The number of non-ortho nitro benzene ring substituents is 1. The summed E-state index contributed by atoms with van der Waals surface area (Å²) >= 11 is 0. The SMILES string of the molecule is COC1CC(NCc2cccc([N+](=O)[O-])c2)C1. The van der Waals surface area contributed by atoms with Gasteiger partial charge in [-0.3, -0.25) is 10.1 Å². The van der Waals surface area contributed by atoms with Gasteiger partial charge in [-0.2, -0.15) is 0 Å². The van der Waals surface area contributed by atoms with Crippen LogP contribution in [0.1, 0.15) is 18.4 Å². The molecule has 2 rings (SSSR count). The molecule has 1 N–H and O–H groups in total. The highest BCUT2D eigenvalue weighted by Crippen LogP contribution is 2.23. The molecule has 1 saturated carbocycles. The minimum absolute atomic E-state index is 0.146. The molecule has 92 valence electrons. The predicted octanol–water partition coefficient (Wildman–Crippen LogP) is 1.86. The van der Waals surface area contributed by atoms with Gasteiger partial charge in [0.1, 0.15) is 0 Å². The van der Waals surface area contributed by atoms with Crippen LogP contribution in [-0.2, 0) is 11.3 Å². The van der Waals surface area contributed by atoms with Gasteiger partial charge in [-0.15, -0.1) is 0 Å². The molecule has 17 heavy (non-hydrogen) atoms. The van der Waals surface area contributed by atoms with E-state index in [1.165, 1.54) is 6.07 Å². The van der Waals surface area contributed by atoms with E-state index in [0.29, 0.717) is 18.7 Å².